The fourth-order valence-electron chi connectivity index (χ4n) is 2.63. The highest BCUT2D eigenvalue weighted by Crippen LogP contribution is 2.35. The van der Waals surface area contributed by atoms with Gasteiger partial charge in [0.2, 0.25) is 5.79 Å². The molecule has 0 radical (unpaired) electrons. The van der Waals surface area contributed by atoms with E-state index in [1.165, 1.54) is 0 Å². The average molecular weight is 342 g/mol. The van der Waals surface area contributed by atoms with E-state index in [9.17, 15) is 30.6 Å². The van der Waals surface area contributed by atoms with Crippen molar-refractivity contribution in [1.82, 2.24) is 0 Å². The Morgan fingerprint density at radius 1 is 0.783 bits per heavy atom. The Kier molecular flexibility index (Phi) is 5.92. The maximum Gasteiger partial charge on any atom is 0.224 e. The molecule has 2 heterocycles. The Balaban J connectivity index is 2.18. The van der Waals surface area contributed by atoms with Gasteiger partial charge in [-0.25, -0.2) is 0 Å². The number of rotatable bonds is 5. The molecule has 11 nitrogen and oxygen atoms in total. The summed E-state index contributed by atoms with van der Waals surface area (Å²) in [5.41, 5.74) is 0. The van der Waals surface area contributed by atoms with Crippen LogP contribution in [-0.4, -0.2) is 115 Å². The minimum Gasteiger partial charge on any atom is -0.394 e. The lowest BCUT2D eigenvalue weighted by molar-refractivity contribution is -0.383. The van der Waals surface area contributed by atoms with Crippen LogP contribution < -0.4 is 0 Å². The number of aliphatic hydroxyl groups is 8. The maximum absolute atomic E-state index is 10.00. The fraction of sp³-hybridized carbons (Fsp3) is 1.00. The molecule has 0 aromatic rings. The first-order valence-electron chi connectivity index (χ1n) is 7.05. The molecule has 136 valence electrons. The molecule has 2 fully saturated rings. The zero-order chi connectivity index (χ0) is 17.4. The summed E-state index contributed by atoms with van der Waals surface area (Å²) in [6.07, 6.45) is -12.7. The molecule has 0 aliphatic carbocycles. The first-order chi connectivity index (χ1) is 10.8. The van der Waals surface area contributed by atoms with Crippen LogP contribution in [0.25, 0.3) is 0 Å². The standard InChI is InChI=1S/C12H22O11/c13-1-4-6(16)8(18)9(19)11(21-4)23-12(3-15)10(20)7(17)5(2-14)22-12/h4-11,13-20H,1-3H2/t4?,5?,6-,7?,8?,9?,10?,11-,12+/m1/s1. The van der Waals surface area contributed by atoms with Gasteiger partial charge in [0.25, 0.3) is 0 Å². The average Bonchev–Trinajstić information content (AvgIpc) is 2.80. The summed E-state index contributed by atoms with van der Waals surface area (Å²) in [6.45, 7) is -2.32. The summed E-state index contributed by atoms with van der Waals surface area (Å²) in [6, 6.07) is 0. The van der Waals surface area contributed by atoms with Crippen molar-refractivity contribution < 1.29 is 55.1 Å². The van der Waals surface area contributed by atoms with E-state index >= 15 is 0 Å². The van der Waals surface area contributed by atoms with E-state index in [-0.39, 0.29) is 0 Å². The quantitative estimate of drug-likeness (QED) is 0.238. The predicted octanol–water partition coefficient (Wildman–Crippen LogP) is -5.40. The third-order valence-electron chi connectivity index (χ3n) is 4.07. The van der Waals surface area contributed by atoms with E-state index in [0.717, 1.165) is 0 Å². The molecule has 0 amide bonds. The van der Waals surface area contributed by atoms with Crippen molar-refractivity contribution in [2.75, 3.05) is 19.8 Å². The molecule has 2 saturated heterocycles. The van der Waals surface area contributed by atoms with E-state index in [2.05, 4.69) is 0 Å². The molecule has 23 heavy (non-hydrogen) atoms. The van der Waals surface area contributed by atoms with Crippen molar-refractivity contribution in [2.24, 2.45) is 0 Å². The first kappa shape index (κ1) is 18.9. The lowest BCUT2D eigenvalue weighted by Crippen LogP contribution is -2.62. The summed E-state index contributed by atoms with van der Waals surface area (Å²) in [7, 11) is 0. The molecule has 0 bridgehead atoms. The third kappa shape index (κ3) is 3.23. The molecule has 2 aliphatic heterocycles. The van der Waals surface area contributed by atoms with E-state index in [1.54, 1.807) is 0 Å². The van der Waals surface area contributed by atoms with Crippen molar-refractivity contribution in [3.05, 3.63) is 0 Å². The molecule has 9 atom stereocenters. The minimum absolute atomic E-state index is 0.669. The Morgan fingerprint density at radius 2 is 1.39 bits per heavy atom. The second-order valence-corrected chi connectivity index (χ2v) is 5.56. The molecule has 11 heteroatoms. The van der Waals surface area contributed by atoms with Gasteiger partial charge in [0.05, 0.1) is 13.2 Å². The van der Waals surface area contributed by atoms with Crippen LogP contribution in [0.5, 0.6) is 0 Å². The largest absolute Gasteiger partial charge is 0.394 e. The van der Waals surface area contributed by atoms with Gasteiger partial charge in [-0.15, -0.1) is 0 Å². The summed E-state index contributed by atoms with van der Waals surface area (Å²) < 4.78 is 15.4. The highest BCUT2D eigenvalue weighted by atomic mass is 16.8. The smallest absolute Gasteiger partial charge is 0.224 e. The van der Waals surface area contributed by atoms with Gasteiger partial charge in [-0.05, 0) is 0 Å². The number of ether oxygens (including phenoxy) is 3. The van der Waals surface area contributed by atoms with Crippen LogP contribution in [0, 0.1) is 0 Å². The maximum atomic E-state index is 10.00. The SMILES string of the molecule is OCC1O[C@@](CO)(O[C@H]2OC(CO)[C@@H](O)C(O)C2O)C(O)C1O. The van der Waals surface area contributed by atoms with Crippen molar-refractivity contribution in [2.45, 2.75) is 54.8 Å². The van der Waals surface area contributed by atoms with Crippen molar-refractivity contribution in [3.63, 3.8) is 0 Å². The zero-order valence-corrected chi connectivity index (χ0v) is 12.0. The van der Waals surface area contributed by atoms with Gasteiger partial charge in [0.15, 0.2) is 6.29 Å². The molecular weight excluding hydrogens is 320 g/mol. The molecule has 0 saturated carbocycles. The molecular formula is C12H22O11. The van der Waals surface area contributed by atoms with E-state index in [1.807, 2.05) is 0 Å². The van der Waals surface area contributed by atoms with Crippen molar-refractivity contribution in [3.8, 4) is 0 Å². The normalized spacial score (nSPS) is 51.1. The van der Waals surface area contributed by atoms with E-state index in [0.29, 0.717) is 0 Å². The molecule has 2 rings (SSSR count). The monoisotopic (exact) mass is 342 g/mol. The number of hydrogen-bond donors (Lipinski definition) is 8. The highest BCUT2D eigenvalue weighted by molar-refractivity contribution is 4.98. The van der Waals surface area contributed by atoms with Gasteiger partial charge < -0.3 is 55.1 Å². The lowest BCUT2D eigenvalue weighted by Gasteiger charge is -2.43. The second kappa shape index (κ2) is 7.21. The molecule has 8 N–H and O–H groups in total. The second-order valence-electron chi connectivity index (χ2n) is 5.56. The van der Waals surface area contributed by atoms with Gasteiger partial charge in [0.1, 0.15) is 49.3 Å². The molecule has 0 spiro atoms. The molecule has 0 aromatic carbocycles. The van der Waals surface area contributed by atoms with Crippen LogP contribution >= 0.6 is 0 Å². The van der Waals surface area contributed by atoms with Gasteiger partial charge >= 0.3 is 0 Å². The van der Waals surface area contributed by atoms with Crippen LogP contribution in [0.3, 0.4) is 0 Å². The Hall–Kier alpha value is -0.440. The van der Waals surface area contributed by atoms with Crippen molar-refractivity contribution in [1.29, 1.82) is 0 Å². The highest BCUT2D eigenvalue weighted by Gasteiger charge is 2.58. The Labute approximate surface area is 130 Å². The van der Waals surface area contributed by atoms with E-state index in [4.69, 9.17) is 24.4 Å². The molecule has 6 unspecified atom stereocenters. The van der Waals surface area contributed by atoms with Gasteiger partial charge in [-0.1, -0.05) is 0 Å². The van der Waals surface area contributed by atoms with Gasteiger partial charge in [0, 0.05) is 0 Å². The van der Waals surface area contributed by atoms with Crippen LogP contribution in [-0.2, 0) is 14.2 Å². The summed E-state index contributed by atoms with van der Waals surface area (Å²) >= 11 is 0. The van der Waals surface area contributed by atoms with Crippen LogP contribution in [0.4, 0.5) is 0 Å². The van der Waals surface area contributed by atoms with Gasteiger partial charge in [-0.2, -0.15) is 0 Å². The minimum atomic E-state index is -2.22. The number of aliphatic hydroxyl groups excluding tert-OH is 8. The van der Waals surface area contributed by atoms with Crippen molar-refractivity contribution >= 4 is 0 Å². The third-order valence-corrected chi connectivity index (χ3v) is 4.07. The first-order valence-corrected chi connectivity index (χ1v) is 7.05. The topological polar surface area (TPSA) is 190 Å². The summed E-state index contributed by atoms with van der Waals surface area (Å²) in [4.78, 5) is 0. The summed E-state index contributed by atoms with van der Waals surface area (Å²) in [5, 5.41) is 76.7. The zero-order valence-electron chi connectivity index (χ0n) is 12.0. The lowest BCUT2D eigenvalue weighted by atomic mass is 9.99. The Morgan fingerprint density at radius 3 is 1.87 bits per heavy atom. The van der Waals surface area contributed by atoms with Crippen LogP contribution in [0.2, 0.25) is 0 Å². The predicted molar refractivity (Wildman–Crippen MR) is 68.6 cm³/mol. The van der Waals surface area contributed by atoms with Crippen LogP contribution in [0.15, 0.2) is 0 Å². The van der Waals surface area contributed by atoms with E-state index < -0.39 is 74.6 Å². The molecule has 2 aliphatic rings. The number of hydrogen-bond acceptors (Lipinski definition) is 11. The molecule has 0 aromatic heterocycles. The van der Waals surface area contributed by atoms with Crippen LogP contribution in [0.1, 0.15) is 0 Å². The fourth-order valence-corrected chi connectivity index (χ4v) is 2.63. The Bertz CT molecular complexity index is 393. The summed E-state index contributed by atoms with van der Waals surface area (Å²) in [5.74, 6) is -2.22. The van der Waals surface area contributed by atoms with Gasteiger partial charge in [-0.3, -0.25) is 0 Å².